The predicted molar refractivity (Wildman–Crippen MR) is 35.8 cm³/mol. The van der Waals surface area contributed by atoms with Crippen molar-refractivity contribution in [2.45, 2.75) is 6.42 Å². The molecule has 0 unspecified atom stereocenters. The summed E-state index contributed by atoms with van der Waals surface area (Å²) in [6.45, 7) is 3.47. The Labute approximate surface area is 57.8 Å². The van der Waals surface area contributed by atoms with Gasteiger partial charge in [0.2, 0.25) is 0 Å². The first-order chi connectivity index (χ1) is 4.31. The summed E-state index contributed by atoms with van der Waals surface area (Å²) in [6, 6.07) is 0. The molecule has 0 spiro atoms. The third kappa shape index (κ3) is 5.03. The van der Waals surface area contributed by atoms with Crippen molar-refractivity contribution in [3.8, 4) is 0 Å². The highest BCUT2D eigenvalue weighted by Crippen LogP contribution is 1.83. The number of hydrogen-bond donors (Lipinski definition) is 0. The maximum absolute atomic E-state index is 10.3. The molecule has 2 nitrogen and oxygen atoms in total. The Morgan fingerprint density at radius 3 is 2.89 bits per heavy atom. The maximum Gasteiger partial charge on any atom is 0.345 e. The first kappa shape index (κ1) is 8.17. The lowest BCUT2D eigenvalue weighted by atomic mass is 10.4. The molecular weight excluding hydrogens is 132 g/mol. The molecular formula is C6H7O2Si. The van der Waals surface area contributed by atoms with Crippen molar-refractivity contribution in [3.63, 3.8) is 0 Å². The second-order valence-corrected chi connectivity index (χ2v) is 1.55. The molecule has 0 aliphatic carbocycles. The van der Waals surface area contributed by atoms with Crippen molar-refractivity contribution in [1.82, 2.24) is 0 Å². The Morgan fingerprint density at radius 2 is 2.44 bits per heavy atom. The van der Waals surface area contributed by atoms with Gasteiger partial charge in [0.1, 0.15) is 0 Å². The first-order valence-corrected chi connectivity index (χ1v) is 2.87. The van der Waals surface area contributed by atoms with E-state index in [1.165, 1.54) is 6.08 Å². The lowest BCUT2D eigenvalue weighted by Crippen LogP contribution is -1.94. The topological polar surface area (TPSA) is 26.3 Å². The van der Waals surface area contributed by atoms with Gasteiger partial charge in [0.05, 0.1) is 0 Å². The standard InChI is InChI=1S/C6H7O2Si/c1-2-3-4-5-6(7)8-9/h2,4-5H,1,3H2. The fourth-order valence-electron chi connectivity index (χ4n) is 0.295. The molecule has 0 heterocycles. The van der Waals surface area contributed by atoms with Crippen LogP contribution in [-0.4, -0.2) is 16.5 Å². The smallest absolute Gasteiger partial charge is 0.345 e. The zero-order chi connectivity index (χ0) is 7.11. The normalized spacial score (nSPS) is 9.44. The minimum Gasteiger partial charge on any atom is -0.513 e. The summed E-state index contributed by atoms with van der Waals surface area (Å²) in [7, 11) is 2.58. The third-order valence-electron chi connectivity index (χ3n) is 0.657. The van der Waals surface area contributed by atoms with Crippen LogP contribution in [0.3, 0.4) is 0 Å². The van der Waals surface area contributed by atoms with E-state index in [2.05, 4.69) is 21.5 Å². The number of allylic oxidation sites excluding steroid dienone is 2. The molecule has 0 bridgehead atoms. The zero-order valence-corrected chi connectivity index (χ0v) is 5.96. The van der Waals surface area contributed by atoms with E-state index >= 15 is 0 Å². The fraction of sp³-hybridized carbons (Fsp3) is 0.167. The SMILES string of the molecule is C=CCC=CC(=O)O[Si]. The van der Waals surface area contributed by atoms with Gasteiger partial charge in [-0.3, -0.25) is 0 Å². The molecule has 3 heteroatoms. The quantitative estimate of drug-likeness (QED) is 0.327. The monoisotopic (exact) mass is 139 g/mol. The molecule has 0 amide bonds. The Balaban J connectivity index is 3.43. The molecule has 0 aliphatic heterocycles. The van der Waals surface area contributed by atoms with Gasteiger partial charge in [-0.25, -0.2) is 4.79 Å². The summed E-state index contributed by atoms with van der Waals surface area (Å²) in [5, 5.41) is 0. The van der Waals surface area contributed by atoms with Crippen molar-refractivity contribution in [3.05, 3.63) is 24.8 Å². The third-order valence-corrected chi connectivity index (χ3v) is 0.858. The Morgan fingerprint density at radius 1 is 1.78 bits per heavy atom. The zero-order valence-electron chi connectivity index (χ0n) is 4.96. The van der Waals surface area contributed by atoms with E-state index in [-0.39, 0.29) is 0 Å². The van der Waals surface area contributed by atoms with Crippen molar-refractivity contribution >= 4 is 16.5 Å². The fourth-order valence-corrected chi connectivity index (χ4v) is 0.363. The average Bonchev–Trinajstić information content (AvgIpc) is 1.89. The minimum absolute atomic E-state index is 0.409. The van der Waals surface area contributed by atoms with E-state index in [1.807, 2.05) is 0 Å². The molecule has 47 valence electrons. The highest BCUT2D eigenvalue weighted by atomic mass is 28.2. The minimum atomic E-state index is -0.409. The molecule has 0 saturated heterocycles. The van der Waals surface area contributed by atoms with Crippen molar-refractivity contribution in [2.24, 2.45) is 0 Å². The van der Waals surface area contributed by atoms with Gasteiger partial charge < -0.3 is 4.43 Å². The van der Waals surface area contributed by atoms with Gasteiger partial charge in [-0.05, 0) is 6.42 Å². The Hall–Kier alpha value is -0.833. The van der Waals surface area contributed by atoms with Crippen LogP contribution in [-0.2, 0) is 9.22 Å². The summed E-state index contributed by atoms with van der Waals surface area (Å²) >= 11 is 0. The largest absolute Gasteiger partial charge is 0.513 e. The molecule has 0 atom stereocenters. The van der Waals surface area contributed by atoms with Crippen molar-refractivity contribution in [2.75, 3.05) is 0 Å². The molecule has 0 aliphatic rings. The second-order valence-electron chi connectivity index (χ2n) is 1.35. The van der Waals surface area contributed by atoms with Crippen LogP contribution in [0.25, 0.3) is 0 Å². The Bertz CT molecular complexity index is 129. The van der Waals surface area contributed by atoms with Gasteiger partial charge in [-0.2, -0.15) is 0 Å². The molecule has 9 heavy (non-hydrogen) atoms. The number of rotatable bonds is 3. The van der Waals surface area contributed by atoms with E-state index in [0.717, 1.165) is 0 Å². The van der Waals surface area contributed by atoms with Crippen LogP contribution in [0.4, 0.5) is 0 Å². The summed E-state index contributed by atoms with van der Waals surface area (Å²) in [6.07, 6.45) is 5.36. The molecule has 0 saturated carbocycles. The highest BCUT2D eigenvalue weighted by Gasteiger charge is 1.86. The molecule has 0 aromatic carbocycles. The number of carbonyl (C=O) groups is 1. The molecule has 0 N–H and O–H groups in total. The van der Waals surface area contributed by atoms with Crippen LogP contribution < -0.4 is 0 Å². The van der Waals surface area contributed by atoms with Crippen LogP contribution in [0.2, 0.25) is 0 Å². The molecule has 0 aromatic heterocycles. The van der Waals surface area contributed by atoms with Crippen molar-refractivity contribution < 1.29 is 9.22 Å². The van der Waals surface area contributed by atoms with E-state index < -0.39 is 5.97 Å². The molecule has 0 aromatic rings. The summed E-state index contributed by atoms with van der Waals surface area (Å²) < 4.78 is 4.14. The van der Waals surface area contributed by atoms with Gasteiger partial charge in [0.25, 0.3) is 0 Å². The van der Waals surface area contributed by atoms with Crippen LogP contribution in [0.1, 0.15) is 6.42 Å². The van der Waals surface area contributed by atoms with Crippen LogP contribution >= 0.6 is 0 Å². The van der Waals surface area contributed by atoms with E-state index in [9.17, 15) is 4.79 Å². The molecule has 0 fully saturated rings. The summed E-state index contributed by atoms with van der Waals surface area (Å²) in [4.78, 5) is 10.3. The van der Waals surface area contributed by atoms with E-state index in [0.29, 0.717) is 6.42 Å². The first-order valence-electron chi connectivity index (χ1n) is 2.46. The van der Waals surface area contributed by atoms with Crippen LogP contribution in [0.5, 0.6) is 0 Å². The Kier molecular flexibility index (Phi) is 4.82. The van der Waals surface area contributed by atoms with Gasteiger partial charge in [-0.15, -0.1) is 6.58 Å². The van der Waals surface area contributed by atoms with Gasteiger partial charge in [0, 0.05) is 6.08 Å². The molecule has 0 rings (SSSR count). The number of carbonyl (C=O) groups excluding carboxylic acids is 1. The summed E-state index contributed by atoms with van der Waals surface area (Å²) in [5.41, 5.74) is 0. The van der Waals surface area contributed by atoms with Gasteiger partial charge in [0.15, 0.2) is 0 Å². The number of hydrogen-bond acceptors (Lipinski definition) is 2. The van der Waals surface area contributed by atoms with Crippen LogP contribution in [0, 0.1) is 0 Å². The average molecular weight is 139 g/mol. The van der Waals surface area contributed by atoms with Crippen LogP contribution in [0.15, 0.2) is 24.8 Å². The van der Waals surface area contributed by atoms with Gasteiger partial charge in [-0.1, -0.05) is 12.2 Å². The summed E-state index contributed by atoms with van der Waals surface area (Å²) in [5.74, 6) is -0.409. The molecule has 3 radical (unpaired) electrons. The van der Waals surface area contributed by atoms with E-state index in [4.69, 9.17) is 0 Å². The lowest BCUT2D eigenvalue weighted by molar-refractivity contribution is -0.128. The maximum atomic E-state index is 10.3. The highest BCUT2D eigenvalue weighted by molar-refractivity contribution is 6.07. The van der Waals surface area contributed by atoms with Gasteiger partial charge >= 0.3 is 16.5 Å². The predicted octanol–water partition coefficient (Wildman–Crippen LogP) is 0.745. The lowest BCUT2D eigenvalue weighted by Gasteiger charge is -1.86. The van der Waals surface area contributed by atoms with E-state index in [1.54, 1.807) is 12.2 Å². The van der Waals surface area contributed by atoms with Crippen molar-refractivity contribution in [1.29, 1.82) is 0 Å². The second kappa shape index (κ2) is 5.31.